The summed E-state index contributed by atoms with van der Waals surface area (Å²) in [6, 6.07) is 15.2. The first kappa shape index (κ1) is 22.1. The first-order valence-corrected chi connectivity index (χ1v) is 11.3. The molecule has 0 bridgehead atoms. The van der Waals surface area contributed by atoms with Crippen LogP contribution in [0.2, 0.25) is 0 Å². The summed E-state index contributed by atoms with van der Waals surface area (Å²) >= 11 is 1.29. The van der Waals surface area contributed by atoms with Crippen LogP contribution in [-0.4, -0.2) is 27.3 Å². The predicted octanol–water partition coefficient (Wildman–Crippen LogP) is 4.73. The van der Waals surface area contributed by atoms with E-state index in [1.54, 1.807) is 10.6 Å². The fraction of sp³-hybridized carbons (Fsp3) is 0.375. The number of fused-ring (bicyclic) bond motifs is 1. The number of hydrogen-bond donors (Lipinski definition) is 1. The number of aromatic nitrogens is 2. The molecule has 0 fully saturated rings. The Kier molecular flexibility index (Phi) is 7.32. The van der Waals surface area contributed by atoms with Crippen LogP contribution in [-0.2, 0) is 4.79 Å². The van der Waals surface area contributed by atoms with Crippen molar-refractivity contribution in [2.24, 2.45) is 5.92 Å². The standard InChI is InChI=1S/C24H29N3O2S/c1-16(2)9-12-18(4)25-22(28)15-30-24-26-21-8-6-5-7-20(21)23(29)27(24)19-13-10-17(3)11-14-19/h5-8,10-11,13-14,16,18H,9,12,15H2,1-4H3,(H,25,28). The van der Waals surface area contributed by atoms with Gasteiger partial charge in [-0.3, -0.25) is 14.2 Å². The van der Waals surface area contributed by atoms with Crippen LogP contribution in [0.15, 0.2) is 58.5 Å². The molecule has 0 saturated heterocycles. The van der Waals surface area contributed by atoms with Crippen molar-refractivity contribution < 1.29 is 4.79 Å². The highest BCUT2D eigenvalue weighted by atomic mass is 32.2. The van der Waals surface area contributed by atoms with E-state index in [-0.39, 0.29) is 23.3 Å². The van der Waals surface area contributed by atoms with Crippen molar-refractivity contribution in [1.29, 1.82) is 0 Å². The molecule has 1 heterocycles. The number of amides is 1. The normalized spacial score (nSPS) is 12.3. The molecule has 1 atom stereocenters. The van der Waals surface area contributed by atoms with E-state index in [0.717, 1.165) is 24.1 Å². The molecule has 1 aromatic heterocycles. The van der Waals surface area contributed by atoms with Gasteiger partial charge >= 0.3 is 0 Å². The van der Waals surface area contributed by atoms with Gasteiger partial charge in [-0.2, -0.15) is 0 Å². The SMILES string of the molecule is Cc1ccc(-n2c(SCC(=O)NC(C)CCC(C)C)nc3ccccc3c2=O)cc1. The van der Waals surface area contributed by atoms with Crippen molar-refractivity contribution in [2.75, 3.05) is 5.75 Å². The molecule has 0 spiro atoms. The number of thioether (sulfide) groups is 1. The van der Waals surface area contributed by atoms with Gasteiger partial charge in [0.15, 0.2) is 5.16 Å². The van der Waals surface area contributed by atoms with Crippen LogP contribution in [0.4, 0.5) is 0 Å². The van der Waals surface area contributed by atoms with E-state index in [4.69, 9.17) is 4.98 Å². The molecular formula is C24H29N3O2S. The number of hydrogen-bond acceptors (Lipinski definition) is 4. The average Bonchev–Trinajstić information content (AvgIpc) is 2.72. The van der Waals surface area contributed by atoms with E-state index in [2.05, 4.69) is 19.2 Å². The zero-order valence-electron chi connectivity index (χ0n) is 18.0. The van der Waals surface area contributed by atoms with E-state index in [1.807, 2.05) is 56.3 Å². The Balaban J connectivity index is 1.85. The van der Waals surface area contributed by atoms with Crippen molar-refractivity contribution in [1.82, 2.24) is 14.9 Å². The molecule has 1 amide bonds. The average molecular weight is 424 g/mol. The van der Waals surface area contributed by atoms with Crippen LogP contribution in [0.5, 0.6) is 0 Å². The highest BCUT2D eigenvalue weighted by Gasteiger charge is 2.15. The van der Waals surface area contributed by atoms with Crippen molar-refractivity contribution in [2.45, 2.75) is 51.7 Å². The lowest BCUT2D eigenvalue weighted by molar-refractivity contribution is -0.119. The second-order valence-electron chi connectivity index (χ2n) is 8.12. The van der Waals surface area contributed by atoms with Gasteiger partial charge in [0.05, 0.1) is 22.3 Å². The minimum atomic E-state index is -0.127. The minimum absolute atomic E-state index is 0.0471. The van der Waals surface area contributed by atoms with Gasteiger partial charge in [-0.05, 0) is 56.9 Å². The molecule has 1 unspecified atom stereocenters. The Morgan fingerprint density at radius 1 is 1.07 bits per heavy atom. The number of benzene rings is 2. The third-order valence-electron chi connectivity index (χ3n) is 4.95. The molecule has 3 rings (SSSR count). The van der Waals surface area contributed by atoms with Gasteiger partial charge in [-0.25, -0.2) is 4.98 Å². The van der Waals surface area contributed by atoms with E-state index in [9.17, 15) is 9.59 Å². The molecule has 3 aromatic rings. The lowest BCUT2D eigenvalue weighted by Gasteiger charge is -2.16. The number of carbonyl (C=O) groups excluding carboxylic acids is 1. The van der Waals surface area contributed by atoms with Crippen LogP contribution in [0.1, 0.15) is 39.2 Å². The van der Waals surface area contributed by atoms with E-state index < -0.39 is 0 Å². The molecule has 0 aliphatic rings. The van der Waals surface area contributed by atoms with Crippen LogP contribution in [0.25, 0.3) is 16.6 Å². The third-order valence-corrected chi connectivity index (χ3v) is 5.89. The topological polar surface area (TPSA) is 64.0 Å². The van der Waals surface area contributed by atoms with Crippen LogP contribution in [0.3, 0.4) is 0 Å². The van der Waals surface area contributed by atoms with E-state index >= 15 is 0 Å². The first-order chi connectivity index (χ1) is 14.3. The molecule has 0 aliphatic carbocycles. The Hall–Kier alpha value is -2.60. The summed E-state index contributed by atoms with van der Waals surface area (Å²) in [6.45, 7) is 8.40. The van der Waals surface area contributed by atoms with Gasteiger partial charge in [0.2, 0.25) is 5.91 Å². The molecule has 0 radical (unpaired) electrons. The highest BCUT2D eigenvalue weighted by molar-refractivity contribution is 7.99. The van der Waals surface area contributed by atoms with E-state index in [0.29, 0.717) is 22.0 Å². The second kappa shape index (κ2) is 9.94. The van der Waals surface area contributed by atoms with Gasteiger partial charge in [0, 0.05) is 6.04 Å². The second-order valence-corrected chi connectivity index (χ2v) is 9.06. The maximum Gasteiger partial charge on any atom is 0.266 e. The number of para-hydroxylation sites is 1. The molecule has 0 aliphatic heterocycles. The molecule has 158 valence electrons. The molecule has 2 aromatic carbocycles. The Labute approximate surface area is 181 Å². The first-order valence-electron chi connectivity index (χ1n) is 10.4. The molecule has 30 heavy (non-hydrogen) atoms. The zero-order chi connectivity index (χ0) is 21.7. The zero-order valence-corrected chi connectivity index (χ0v) is 18.8. The summed E-state index contributed by atoms with van der Waals surface area (Å²) in [5, 5.41) is 4.13. The van der Waals surface area contributed by atoms with Crippen molar-refractivity contribution in [3.63, 3.8) is 0 Å². The van der Waals surface area contributed by atoms with Gasteiger partial charge in [-0.15, -0.1) is 0 Å². The summed E-state index contributed by atoms with van der Waals surface area (Å²) in [5.41, 5.74) is 2.37. The van der Waals surface area contributed by atoms with Crippen LogP contribution < -0.4 is 10.9 Å². The summed E-state index contributed by atoms with van der Waals surface area (Å²) in [4.78, 5) is 30.4. The van der Waals surface area contributed by atoms with Gasteiger partial charge < -0.3 is 5.32 Å². The number of rotatable bonds is 8. The monoisotopic (exact) mass is 423 g/mol. The number of nitrogens with zero attached hydrogens (tertiary/aromatic N) is 2. The molecule has 1 N–H and O–H groups in total. The minimum Gasteiger partial charge on any atom is -0.353 e. The molecule has 5 nitrogen and oxygen atoms in total. The van der Waals surface area contributed by atoms with Crippen molar-refractivity contribution >= 4 is 28.6 Å². The van der Waals surface area contributed by atoms with Crippen molar-refractivity contribution in [3.05, 3.63) is 64.4 Å². The highest BCUT2D eigenvalue weighted by Crippen LogP contribution is 2.21. The van der Waals surface area contributed by atoms with E-state index in [1.165, 1.54) is 11.8 Å². The number of carbonyl (C=O) groups is 1. The number of nitrogens with one attached hydrogen (secondary N) is 1. The summed E-state index contributed by atoms with van der Waals surface area (Å²) in [6.07, 6.45) is 2.03. The van der Waals surface area contributed by atoms with Gasteiger partial charge in [-0.1, -0.05) is 55.4 Å². The summed E-state index contributed by atoms with van der Waals surface area (Å²) < 4.78 is 1.60. The predicted molar refractivity (Wildman–Crippen MR) is 124 cm³/mol. The summed E-state index contributed by atoms with van der Waals surface area (Å²) in [5.74, 6) is 0.779. The summed E-state index contributed by atoms with van der Waals surface area (Å²) in [7, 11) is 0. The molecular weight excluding hydrogens is 394 g/mol. The van der Waals surface area contributed by atoms with Gasteiger partial charge in [0.1, 0.15) is 0 Å². The smallest absolute Gasteiger partial charge is 0.266 e. The third kappa shape index (κ3) is 5.51. The maximum atomic E-state index is 13.2. The lowest BCUT2D eigenvalue weighted by Crippen LogP contribution is -2.34. The van der Waals surface area contributed by atoms with Crippen LogP contribution >= 0.6 is 11.8 Å². The number of aryl methyl sites for hydroxylation is 1. The Bertz CT molecular complexity index is 1070. The van der Waals surface area contributed by atoms with Gasteiger partial charge in [0.25, 0.3) is 5.56 Å². The molecule has 6 heteroatoms. The Morgan fingerprint density at radius 3 is 2.47 bits per heavy atom. The molecule has 0 saturated carbocycles. The largest absolute Gasteiger partial charge is 0.353 e. The van der Waals surface area contributed by atoms with Crippen LogP contribution in [0, 0.1) is 12.8 Å². The lowest BCUT2D eigenvalue weighted by atomic mass is 10.0. The fourth-order valence-corrected chi connectivity index (χ4v) is 4.06. The fourth-order valence-electron chi connectivity index (χ4n) is 3.23. The quantitative estimate of drug-likeness (QED) is 0.420. The maximum absolute atomic E-state index is 13.2. The Morgan fingerprint density at radius 2 is 1.77 bits per heavy atom. The van der Waals surface area contributed by atoms with Crippen molar-refractivity contribution in [3.8, 4) is 5.69 Å².